The molecule has 1 aliphatic rings. The van der Waals surface area contributed by atoms with Crippen molar-refractivity contribution in [2.75, 3.05) is 7.11 Å². The lowest BCUT2D eigenvalue weighted by Gasteiger charge is -2.31. The molecule has 0 bridgehead atoms. The van der Waals surface area contributed by atoms with Crippen molar-refractivity contribution in [2.24, 2.45) is 0 Å². The zero-order valence-corrected chi connectivity index (χ0v) is 8.16. The van der Waals surface area contributed by atoms with E-state index in [1.54, 1.807) is 0 Å². The van der Waals surface area contributed by atoms with Gasteiger partial charge in [-0.05, 0) is 25.7 Å². The van der Waals surface area contributed by atoms with Gasteiger partial charge >= 0.3 is 6.98 Å². The van der Waals surface area contributed by atoms with E-state index >= 15 is 0 Å². The Morgan fingerprint density at radius 2 is 1.71 bits per heavy atom. The van der Waals surface area contributed by atoms with Gasteiger partial charge in [-0.2, -0.15) is 5.82 Å². The summed E-state index contributed by atoms with van der Waals surface area (Å²) in [5, 5.41) is 0. The molecule has 5 heteroatoms. The van der Waals surface area contributed by atoms with E-state index in [0.29, 0.717) is 12.8 Å². The molecule has 1 nitrogen and oxygen atoms in total. The van der Waals surface area contributed by atoms with Crippen LogP contribution in [0.15, 0.2) is 0 Å². The molecule has 0 radical (unpaired) electrons. The maximum absolute atomic E-state index is 12.0. The molecule has 14 heavy (non-hydrogen) atoms. The Bertz CT molecular complexity index is 245. The molecular weight excluding hydrogens is 192 g/mol. The van der Waals surface area contributed by atoms with Crippen LogP contribution in [0.25, 0.3) is 0 Å². The second-order valence-electron chi connectivity index (χ2n) is 3.60. The average Bonchev–Trinajstić information content (AvgIpc) is 2.15. The largest absolute Gasteiger partial charge is 0.557 e. The molecular formula is C9H13BF3O-. The fourth-order valence-corrected chi connectivity index (χ4v) is 1.72. The lowest BCUT2D eigenvalue weighted by molar-refractivity contribution is 0.0104. The predicted molar refractivity (Wildman–Crippen MR) is 49.7 cm³/mol. The van der Waals surface area contributed by atoms with E-state index < -0.39 is 12.6 Å². The van der Waals surface area contributed by atoms with Crippen LogP contribution in [0, 0.1) is 11.7 Å². The van der Waals surface area contributed by atoms with E-state index in [0.717, 1.165) is 19.3 Å². The lowest BCUT2D eigenvalue weighted by atomic mass is 9.82. The van der Waals surface area contributed by atoms with E-state index in [9.17, 15) is 12.9 Å². The summed E-state index contributed by atoms with van der Waals surface area (Å²) >= 11 is 0. The minimum atomic E-state index is -5.01. The van der Waals surface area contributed by atoms with E-state index in [2.05, 4.69) is 5.92 Å². The highest BCUT2D eigenvalue weighted by Crippen LogP contribution is 2.30. The first kappa shape index (κ1) is 11.4. The highest BCUT2D eigenvalue weighted by atomic mass is 19.4. The van der Waals surface area contributed by atoms with Gasteiger partial charge in [0.05, 0.1) is 0 Å². The van der Waals surface area contributed by atoms with E-state index in [1.807, 2.05) is 0 Å². The number of hydrogen-bond acceptors (Lipinski definition) is 1. The minimum absolute atomic E-state index is 0.614. The van der Waals surface area contributed by atoms with E-state index in [1.165, 1.54) is 12.9 Å². The Morgan fingerprint density at radius 3 is 2.14 bits per heavy atom. The predicted octanol–water partition coefficient (Wildman–Crippen LogP) is 2.73. The quantitative estimate of drug-likeness (QED) is 0.472. The maximum Gasteiger partial charge on any atom is 0.557 e. The monoisotopic (exact) mass is 205 g/mol. The Labute approximate surface area is 82.1 Å². The van der Waals surface area contributed by atoms with Crippen molar-refractivity contribution in [3.8, 4) is 11.7 Å². The number of rotatable bonds is 1. The summed E-state index contributed by atoms with van der Waals surface area (Å²) in [6, 6.07) is 0. The molecule has 80 valence electrons. The summed E-state index contributed by atoms with van der Waals surface area (Å²) in [7, 11) is 1.43. The van der Waals surface area contributed by atoms with Gasteiger partial charge in [0.1, 0.15) is 5.60 Å². The zero-order valence-electron chi connectivity index (χ0n) is 8.16. The van der Waals surface area contributed by atoms with Gasteiger partial charge in [-0.15, -0.1) is 5.92 Å². The molecule has 0 atom stereocenters. The number of ether oxygens (including phenoxy) is 1. The van der Waals surface area contributed by atoms with Gasteiger partial charge in [0.2, 0.25) is 0 Å². The first-order chi connectivity index (χ1) is 6.47. The molecule has 1 rings (SSSR count). The summed E-state index contributed by atoms with van der Waals surface area (Å²) in [6.07, 6.45) is 4.08. The minimum Gasteiger partial charge on any atom is -0.438 e. The van der Waals surface area contributed by atoms with E-state index in [-0.39, 0.29) is 0 Å². The van der Waals surface area contributed by atoms with Gasteiger partial charge in [-0.3, -0.25) is 0 Å². The van der Waals surface area contributed by atoms with Gasteiger partial charge in [0.25, 0.3) is 0 Å². The molecule has 1 aliphatic carbocycles. The zero-order chi connectivity index (χ0) is 10.7. The SMILES string of the molecule is COC1(C#C[B-](F)(F)F)CCCCC1. The second-order valence-corrected chi connectivity index (χ2v) is 3.60. The van der Waals surface area contributed by atoms with Crippen LogP contribution in [0.3, 0.4) is 0 Å². The maximum atomic E-state index is 12.0. The Hall–Kier alpha value is -0.625. The first-order valence-electron chi connectivity index (χ1n) is 4.76. The fraction of sp³-hybridized carbons (Fsp3) is 0.778. The molecule has 0 unspecified atom stereocenters. The van der Waals surface area contributed by atoms with Gasteiger partial charge in [0, 0.05) is 7.11 Å². The number of methoxy groups -OCH3 is 1. The summed E-state index contributed by atoms with van der Waals surface area (Å²) in [5.41, 5.74) is -0.838. The molecule has 0 saturated heterocycles. The van der Waals surface area contributed by atoms with Gasteiger partial charge in [-0.25, -0.2) is 0 Å². The molecule has 0 heterocycles. The molecule has 0 spiro atoms. The van der Waals surface area contributed by atoms with Crippen LogP contribution in [-0.4, -0.2) is 19.7 Å². The Kier molecular flexibility index (Phi) is 3.49. The van der Waals surface area contributed by atoms with Crippen LogP contribution in [-0.2, 0) is 4.74 Å². The lowest BCUT2D eigenvalue weighted by Crippen LogP contribution is -2.32. The van der Waals surface area contributed by atoms with Crippen molar-refractivity contribution >= 4 is 6.98 Å². The summed E-state index contributed by atoms with van der Waals surface area (Å²) < 4.78 is 41.0. The molecule has 0 amide bonds. The highest BCUT2D eigenvalue weighted by molar-refractivity contribution is 6.67. The van der Waals surface area contributed by atoms with Crippen molar-refractivity contribution in [1.29, 1.82) is 0 Å². The molecule has 0 aliphatic heterocycles. The van der Waals surface area contributed by atoms with Crippen LogP contribution in [0.2, 0.25) is 0 Å². The topological polar surface area (TPSA) is 9.23 Å². The molecule has 0 N–H and O–H groups in total. The highest BCUT2D eigenvalue weighted by Gasteiger charge is 2.30. The molecule has 1 saturated carbocycles. The Balaban J connectivity index is 2.73. The van der Waals surface area contributed by atoms with Crippen LogP contribution >= 0.6 is 0 Å². The molecule has 0 aromatic carbocycles. The molecule has 0 aromatic rings. The van der Waals surface area contributed by atoms with Gasteiger partial charge in [-0.1, -0.05) is 6.42 Å². The number of hydrogen-bond donors (Lipinski definition) is 0. The van der Waals surface area contributed by atoms with Crippen LogP contribution < -0.4 is 0 Å². The van der Waals surface area contributed by atoms with Crippen LogP contribution in [0.1, 0.15) is 32.1 Å². The van der Waals surface area contributed by atoms with Crippen LogP contribution in [0.5, 0.6) is 0 Å². The third kappa shape index (κ3) is 3.26. The normalized spacial score (nSPS) is 21.1. The van der Waals surface area contributed by atoms with Crippen molar-refractivity contribution in [3.63, 3.8) is 0 Å². The van der Waals surface area contributed by atoms with Gasteiger partial charge < -0.3 is 17.7 Å². The third-order valence-electron chi connectivity index (χ3n) is 2.52. The second kappa shape index (κ2) is 4.27. The van der Waals surface area contributed by atoms with E-state index in [4.69, 9.17) is 4.74 Å². The Morgan fingerprint density at radius 1 is 1.14 bits per heavy atom. The molecule has 0 aromatic heterocycles. The summed E-state index contributed by atoms with van der Waals surface area (Å²) in [6.45, 7) is -5.01. The molecule has 1 fully saturated rings. The van der Waals surface area contributed by atoms with Crippen molar-refractivity contribution in [3.05, 3.63) is 0 Å². The van der Waals surface area contributed by atoms with Gasteiger partial charge in [0.15, 0.2) is 0 Å². The first-order valence-corrected chi connectivity index (χ1v) is 4.76. The third-order valence-corrected chi connectivity index (χ3v) is 2.52. The number of halogens is 3. The van der Waals surface area contributed by atoms with Crippen molar-refractivity contribution in [1.82, 2.24) is 0 Å². The van der Waals surface area contributed by atoms with Crippen molar-refractivity contribution < 1.29 is 17.7 Å². The van der Waals surface area contributed by atoms with Crippen molar-refractivity contribution in [2.45, 2.75) is 37.7 Å². The standard InChI is InChI=1S/C9H13BF3O/c1-14-9(5-3-2-4-6-9)7-8-10(11,12)13/h2-6H2,1H3/q-1. The smallest absolute Gasteiger partial charge is 0.438 e. The average molecular weight is 205 g/mol. The summed E-state index contributed by atoms with van der Waals surface area (Å²) in [4.78, 5) is 0. The fourth-order valence-electron chi connectivity index (χ4n) is 1.72. The summed E-state index contributed by atoms with van der Waals surface area (Å²) in [5.74, 6) is 3.63. The van der Waals surface area contributed by atoms with Crippen LogP contribution in [0.4, 0.5) is 12.9 Å².